The number of amides is 2. The predicted octanol–water partition coefficient (Wildman–Crippen LogP) is 1.63. The predicted molar refractivity (Wildman–Crippen MR) is 70.5 cm³/mol. The van der Waals surface area contributed by atoms with Crippen molar-refractivity contribution in [3.63, 3.8) is 0 Å². The fourth-order valence-electron chi connectivity index (χ4n) is 1.06. The van der Waals surface area contributed by atoms with Crippen molar-refractivity contribution in [2.24, 2.45) is 0 Å². The highest BCUT2D eigenvalue weighted by Gasteiger charge is 2.18. The first-order chi connectivity index (χ1) is 7.78. The van der Waals surface area contributed by atoms with Crippen molar-refractivity contribution in [2.45, 2.75) is 31.4 Å². The van der Waals surface area contributed by atoms with E-state index in [0.717, 1.165) is 0 Å². The summed E-state index contributed by atoms with van der Waals surface area (Å²) in [5.74, 6) is -0.831. The molecule has 0 saturated carbocycles. The van der Waals surface area contributed by atoms with Crippen LogP contribution in [0.2, 0.25) is 0 Å². The molecule has 5 nitrogen and oxygen atoms in total. The van der Waals surface area contributed by atoms with Gasteiger partial charge in [0.25, 0.3) is 0 Å². The molecule has 0 aromatic carbocycles. The lowest BCUT2D eigenvalue weighted by atomic mass is 10.2. The molecule has 2 N–H and O–H groups in total. The molecule has 2 amide bonds. The molecule has 100 valence electrons. The number of hydrogen-bond acceptors (Lipinski definition) is 3. The minimum absolute atomic E-state index is 0.0115. The molecular weight excluding hydrogens is 240 g/mol. The van der Waals surface area contributed by atoms with E-state index in [2.05, 4.69) is 19.2 Å². The molecule has 0 aliphatic carbocycles. The zero-order valence-electron chi connectivity index (χ0n) is 10.9. The van der Waals surface area contributed by atoms with Crippen molar-refractivity contribution in [1.82, 2.24) is 10.2 Å². The Balaban J connectivity index is 3.86. The molecule has 0 bridgehead atoms. The molecule has 0 heterocycles. The Labute approximate surface area is 107 Å². The van der Waals surface area contributed by atoms with E-state index in [-0.39, 0.29) is 17.2 Å². The smallest absolute Gasteiger partial charge is 0.317 e. The molecule has 0 aromatic rings. The summed E-state index contributed by atoms with van der Waals surface area (Å²) in [5, 5.41) is 11.3. The first kappa shape index (κ1) is 16.1. The number of rotatable bonds is 7. The summed E-state index contributed by atoms with van der Waals surface area (Å²) >= 11 is 1.69. The molecule has 6 heteroatoms. The fourth-order valence-corrected chi connectivity index (χ4v) is 1.28. The second kappa shape index (κ2) is 7.42. The van der Waals surface area contributed by atoms with Crippen LogP contribution in [0.3, 0.4) is 0 Å². The van der Waals surface area contributed by atoms with Gasteiger partial charge in [-0.25, -0.2) is 4.79 Å². The maximum atomic E-state index is 11.6. The van der Waals surface area contributed by atoms with E-state index in [1.165, 1.54) is 4.90 Å². The Morgan fingerprint density at radius 2 is 2.00 bits per heavy atom. The number of carboxylic acids is 1. The zero-order chi connectivity index (χ0) is 13.5. The van der Waals surface area contributed by atoms with Gasteiger partial charge in [-0.3, -0.25) is 4.79 Å². The molecule has 0 atom stereocenters. The Bertz CT molecular complexity index is 269. The van der Waals surface area contributed by atoms with Gasteiger partial charge in [0.05, 0.1) is 0 Å². The maximum absolute atomic E-state index is 11.6. The monoisotopic (exact) mass is 262 g/mol. The van der Waals surface area contributed by atoms with Crippen LogP contribution in [0.4, 0.5) is 4.79 Å². The Hall–Kier alpha value is -0.910. The minimum atomic E-state index is -0.831. The highest BCUT2D eigenvalue weighted by molar-refractivity contribution is 7.99. The number of hydrogen-bond donors (Lipinski definition) is 2. The van der Waals surface area contributed by atoms with E-state index in [1.54, 1.807) is 18.8 Å². The second-order valence-electron chi connectivity index (χ2n) is 4.54. The average Bonchev–Trinajstić information content (AvgIpc) is 2.25. The standard InChI is InChI=1S/C11H22N2O3S/c1-11(2,17-4)8-12-10(16)13(3)7-5-6-9(14)15/h5-8H2,1-4H3,(H,12,16)(H,14,15). The number of nitrogens with one attached hydrogen (secondary N) is 1. The number of thioether (sulfide) groups is 1. The average molecular weight is 262 g/mol. The van der Waals surface area contributed by atoms with E-state index < -0.39 is 5.97 Å². The molecule has 0 radical (unpaired) electrons. The summed E-state index contributed by atoms with van der Waals surface area (Å²) in [6.07, 6.45) is 2.57. The molecule has 0 aromatic heterocycles. The van der Waals surface area contributed by atoms with Gasteiger partial charge in [-0.15, -0.1) is 0 Å². The van der Waals surface area contributed by atoms with Gasteiger partial charge >= 0.3 is 12.0 Å². The topological polar surface area (TPSA) is 69.6 Å². The summed E-state index contributed by atoms with van der Waals surface area (Å²) in [6.45, 7) is 5.17. The minimum Gasteiger partial charge on any atom is -0.481 e. The van der Waals surface area contributed by atoms with Crippen molar-refractivity contribution >= 4 is 23.8 Å². The van der Waals surface area contributed by atoms with E-state index in [4.69, 9.17) is 5.11 Å². The van der Waals surface area contributed by atoms with E-state index in [9.17, 15) is 9.59 Å². The van der Waals surface area contributed by atoms with Crippen LogP contribution in [0.15, 0.2) is 0 Å². The van der Waals surface area contributed by atoms with Crippen LogP contribution in [-0.2, 0) is 4.79 Å². The zero-order valence-corrected chi connectivity index (χ0v) is 11.8. The van der Waals surface area contributed by atoms with Crippen molar-refractivity contribution in [3.8, 4) is 0 Å². The summed E-state index contributed by atoms with van der Waals surface area (Å²) in [5.41, 5.74) is 0. The van der Waals surface area contributed by atoms with Crippen LogP contribution in [0.5, 0.6) is 0 Å². The van der Waals surface area contributed by atoms with Crippen LogP contribution in [0, 0.1) is 0 Å². The molecule has 0 fully saturated rings. The van der Waals surface area contributed by atoms with Crippen molar-refractivity contribution in [1.29, 1.82) is 0 Å². The number of carbonyl (C=O) groups excluding carboxylic acids is 1. The number of aliphatic carboxylic acids is 1. The molecular formula is C11H22N2O3S. The van der Waals surface area contributed by atoms with Crippen molar-refractivity contribution < 1.29 is 14.7 Å². The second-order valence-corrected chi connectivity index (χ2v) is 6.05. The van der Waals surface area contributed by atoms with Crippen LogP contribution < -0.4 is 5.32 Å². The highest BCUT2D eigenvalue weighted by atomic mass is 32.2. The summed E-state index contributed by atoms with van der Waals surface area (Å²) < 4.78 is 0.0115. The van der Waals surface area contributed by atoms with Crippen LogP contribution in [0.25, 0.3) is 0 Å². The number of urea groups is 1. The Kier molecular flexibility index (Phi) is 7.03. The summed E-state index contributed by atoms with van der Waals surface area (Å²) in [6, 6.07) is -0.155. The van der Waals surface area contributed by atoms with E-state index in [1.807, 2.05) is 6.26 Å². The van der Waals surface area contributed by atoms with Gasteiger partial charge in [-0.2, -0.15) is 11.8 Å². The maximum Gasteiger partial charge on any atom is 0.317 e. The number of carboxylic acid groups (broad SMARTS) is 1. The molecule has 0 unspecified atom stereocenters. The quantitative estimate of drug-likeness (QED) is 0.731. The lowest BCUT2D eigenvalue weighted by Crippen LogP contribution is -2.43. The molecule has 0 saturated heterocycles. The Morgan fingerprint density at radius 1 is 1.41 bits per heavy atom. The SMILES string of the molecule is CSC(C)(C)CNC(=O)N(C)CCCC(=O)O. The summed E-state index contributed by atoms with van der Waals surface area (Å²) in [4.78, 5) is 23.5. The largest absolute Gasteiger partial charge is 0.481 e. The highest BCUT2D eigenvalue weighted by Crippen LogP contribution is 2.19. The normalized spacial score (nSPS) is 11.1. The van der Waals surface area contributed by atoms with Gasteiger partial charge in [-0.1, -0.05) is 0 Å². The number of nitrogens with zero attached hydrogens (tertiary/aromatic N) is 1. The fraction of sp³-hybridized carbons (Fsp3) is 0.818. The Morgan fingerprint density at radius 3 is 2.47 bits per heavy atom. The molecule has 17 heavy (non-hydrogen) atoms. The molecule has 0 aliphatic heterocycles. The van der Waals surface area contributed by atoms with Crippen LogP contribution in [0.1, 0.15) is 26.7 Å². The molecule has 0 spiro atoms. The van der Waals surface area contributed by atoms with Gasteiger partial charge < -0.3 is 15.3 Å². The van der Waals surface area contributed by atoms with E-state index >= 15 is 0 Å². The number of carbonyl (C=O) groups is 2. The summed E-state index contributed by atoms with van der Waals surface area (Å²) in [7, 11) is 1.67. The lowest BCUT2D eigenvalue weighted by Gasteiger charge is -2.24. The van der Waals surface area contributed by atoms with Gasteiger partial charge in [0.1, 0.15) is 0 Å². The molecule has 0 rings (SSSR count). The van der Waals surface area contributed by atoms with Gasteiger partial charge in [-0.05, 0) is 26.5 Å². The lowest BCUT2D eigenvalue weighted by molar-refractivity contribution is -0.137. The van der Waals surface area contributed by atoms with Crippen LogP contribution >= 0.6 is 11.8 Å². The first-order valence-electron chi connectivity index (χ1n) is 5.54. The third kappa shape index (κ3) is 7.90. The first-order valence-corrected chi connectivity index (χ1v) is 6.77. The third-order valence-corrected chi connectivity index (χ3v) is 3.70. The van der Waals surface area contributed by atoms with Gasteiger partial charge in [0.15, 0.2) is 0 Å². The van der Waals surface area contributed by atoms with Gasteiger partial charge in [0, 0.05) is 31.3 Å². The van der Waals surface area contributed by atoms with Crippen LogP contribution in [-0.4, -0.2) is 53.1 Å². The molecule has 0 aliphatic rings. The van der Waals surface area contributed by atoms with Crippen molar-refractivity contribution in [3.05, 3.63) is 0 Å². The van der Waals surface area contributed by atoms with Crippen molar-refractivity contribution in [2.75, 3.05) is 26.4 Å². The van der Waals surface area contributed by atoms with Gasteiger partial charge in [0.2, 0.25) is 0 Å². The van der Waals surface area contributed by atoms with E-state index in [0.29, 0.717) is 19.5 Å². The third-order valence-electron chi connectivity index (χ3n) is 2.45.